The molecule has 0 radical (unpaired) electrons. The van der Waals surface area contributed by atoms with Crippen LogP contribution in [-0.2, 0) is 5.41 Å². The van der Waals surface area contributed by atoms with E-state index in [-0.39, 0.29) is 5.41 Å². The highest BCUT2D eigenvalue weighted by Crippen LogP contribution is 2.56. The molecule has 4 N–H and O–H groups in total. The lowest BCUT2D eigenvalue weighted by atomic mass is 9.82. The lowest BCUT2D eigenvalue weighted by Crippen LogP contribution is -2.14. The molecule has 0 amide bonds. The minimum absolute atomic E-state index is 0.00395. The minimum Gasteiger partial charge on any atom is -0.456 e. The maximum atomic E-state index is 6.02. The molecule has 0 saturated heterocycles. The van der Waals surface area contributed by atoms with Crippen LogP contribution < -0.4 is 21.3 Å². The van der Waals surface area contributed by atoms with Crippen molar-refractivity contribution in [3.8, 4) is 77.9 Å². The van der Waals surface area contributed by atoms with Crippen LogP contribution in [0.5, 0.6) is 0 Å². The molecule has 1 aliphatic rings. The normalized spacial score (nSPS) is 12.0. The fourth-order valence-electron chi connectivity index (χ4n) is 19.9. The number of benzene rings is 21. The van der Waals surface area contributed by atoms with Crippen molar-refractivity contribution in [3.63, 3.8) is 0 Å². The Kier molecular flexibility index (Phi) is 21.8. The first-order valence-corrected chi connectivity index (χ1v) is 49.4. The molecule has 0 saturated carbocycles. The van der Waals surface area contributed by atoms with E-state index >= 15 is 0 Å². The van der Waals surface area contributed by atoms with Gasteiger partial charge in [-0.05, 0) is 210 Å². The molecule has 0 fully saturated rings. The van der Waals surface area contributed by atoms with Gasteiger partial charge < -0.3 is 25.7 Å². The monoisotopic (exact) mass is 1810 g/mol. The van der Waals surface area contributed by atoms with Crippen LogP contribution in [0.2, 0.25) is 0 Å². The Morgan fingerprint density at radius 1 is 0.199 bits per heavy atom. The molecule has 21 aromatic carbocycles. The van der Waals surface area contributed by atoms with Gasteiger partial charge in [0.2, 0.25) is 0 Å². The quantitative estimate of drug-likeness (QED) is 0.0874. The maximum Gasteiger partial charge on any atom is 0.135 e. The Bertz CT molecular complexity index is 8990. The summed E-state index contributed by atoms with van der Waals surface area (Å²) in [6.45, 7) is 4.70. The lowest BCUT2D eigenvalue weighted by molar-refractivity contribution is 0.660. The molecular weight excluding hydrogens is 1730 g/mol. The Morgan fingerprint density at radius 3 is 1.32 bits per heavy atom. The van der Waals surface area contributed by atoms with Gasteiger partial charge in [-0.1, -0.05) is 366 Å². The molecule has 136 heavy (non-hydrogen) atoms. The van der Waals surface area contributed by atoms with Crippen LogP contribution in [0.1, 0.15) is 25.0 Å². The highest BCUT2D eigenvalue weighted by Gasteiger charge is 2.37. The van der Waals surface area contributed by atoms with Crippen LogP contribution in [0.15, 0.2) is 478 Å². The third-order valence-corrected chi connectivity index (χ3v) is 31.3. The summed E-state index contributed by atoms with van der Waals surface area (Å²) in [7, 11) is 0. The van der Waals surface area contributed by atoms with Gasteiger partial charge in [-0.15, -0.1) is 45.3 Å². The molecule has 5 heterocycles. The number of hydrogen-bond acceptors (Lipinski definition) is 9. The van der Waals surface area contributed by atoms with Crippen molar-refractivity contribution < 1.29 is 4.42 Å². The summed E-state index contributed by atoms with van der Waals surface area (Å²) < 4.78 is 16.5. The van der Waals surface area contributed by atoms with E-state index in [0.717, 1.165) is 67.4 Å². The van der Waals surface area contributed by atoms with Gasteiger partial charge in [0.05, 0.1) is 10.4 Å². The molecule has 646 valence electrons. The average molecular weight is 1810 g/mol. The van der Waals surface area contributed by atoms with Crippen LogP contribution in [0.4, 0.5) is 45.5 Å². The average Bonchev–Trinajstić information content (AvgIpc) is 1.56. The number of rotatable bonds is 14. The van der Waals surface area contributed by atoms with Gasteiger partial charge in [-0.3, -0.25) is 0 Å². The summed E-state index contributed by atoms with van der Waals surface area (Å²) in [4.78, 5) is 0. The molecule has 27 rings (SSSR count). The molecule has 5 aromatic heterocycles. The van der Waals surface area contributed by atoms with Gasteiger partial charge in [0.1, 0.15) is 11.2 Å². The van der Waals surface area contributed by atoms with Gasteiger partial charge in [-0.2, -0.15) is 0 Å². The first-order valence-electron chi connectivity index (χ1n) is 46.1. The fourth-order valence-corrected chi connectivity index (χ4v) is 24.9. The second-order valence-corrected chi connectivity index (χ2v) is 39.3. The van der Waals surface area contributed by atoms with Crippen molar-refractivity contribution in [2.45, 2.75) is 19.3 Å². The number of fused-ring (bicyclic) bond motifs is 19. The zero-order valence-electron chi connectivity index (χ0n) is 74.6. The van der Waals surface area contributed by atoms with Crippen molar-refractivity contribution >= 4 is 204 Å². The lowest BCUT2D eigenvalue weighted by Gasteiger charge is -2.21. The van der Waals surface area contributed by atoms with Gasteiger partial charge >= 0.3 is 0 Å². The number of anilines is 8. The van der Waals surface area contributed by atoms with Crippen LogP contribution in [0.3, 0.4) is 0 Å². The van der Waals surface area contributed by atoms with Crippen LogP contribution in [0.25, 0.3) is 191 Å². The number of furan rings is 1. The first kappa shape index (κ1) is 82.9. The highest BCUT2D eigenvalue weighted by molar-refractivity contribution is 7.27. The second-order valence-electron chi connectivity index (χ2n) is 35.1. The molecule has 0 aliphatic heterocycles. The molecular formula is C127H88N4OS4. The Labute approximate surface area is 804 Å². The number of para-hydroxylation sites is 3. The first-order chi connectivity index (χ1) is 67.2. The predicted octanol–water partition coefficient (Wildman–Crippen LogP) is 38.6. The van der Waals surface area contributed by atoms with E-state index in [0.29, 0.717) is 0 Å². The Balaban J connectivity index is 0.0000000992. The fraction of sp³-hybridized carbons (Fsp3) is 0.0236. The Morgan fingerprint density at radius 2 is 0.647 bits per heavy atom. The molecule has 1 aliphatic carbocycles. The molecule has 0 atom stereocenters. The van der Waals surface area contributed by atoms with Gasteiger partial charge in [0, 0.05) is 143 Å². The third-order valence-electron chi connectivity index (χ3n) is 26.4. The van der Waals surface area contributed by atoms with Gasteiger partial charge in [0.15, 0.2) is 0 Å². The predicted molar refractivity (Wildman–Crippen MR) is 591 cm³/mol. The van der Waals surface area contributed by atoms with Crippen molar-refractivity contribution in [2.75, 3.05) is 21.3 Å². The summed E-state index contributed by atoms with van der Waals surface area (Å²) in [6, 6.07) is 169. The van der Waals surface area contributed by atoms with E-state index < -0.39 is 0 Å². The number of thiophene rings is 4. The smallest absolute Gasteiger partial charge is 0.135 e. The number of hydrogen-bond donors (Lipinski definition) is 4. The topological polar surface area (TPSA) is 61.3 Å². The van der Waals surface area contributed by atoms with E-state index in [1.54, 1.807) is 0 Å². The largest absolute Gasteiger partial charge is 0.456 e. The van der Waals surface area contributed by atoms with E-state index in [1.165, 1.54) is 180 Å². The van der Waals surface area contributed by atoms with Crippen molar-refractivity contribution in [2.24, 2.45) is 0 Å². The van der Waals surface area contributed by atoms with Crippen LogP contribution in [-0.4, -0.2) is 0 Å². The Hall–Kier alpha value is -16.2. The molecule has 5 nitrogen and oxygen atoms in total. The van der Waals surface area contributed by atoms with E-state index in [1.807, 2.05) is 63.5 Å². The van der Waals surface area contributed by atoms with Gasteiger partial charge in [-0.25, -0.2) is 0 Å². The van der Waals surface area contributed by atoms with Crippen molar-refractivity contribution in [1.29, 1.82) is 0 Å². The van der Waals surface area contributed by atoms with E-state index in [2.05, 4.69) is 490 Å². The maximum absolute atomic E-state index is 6.02. The molecule has 0 bridgehead atoms. The second kappa shape index (κ2) is 35.7. The summed E-state index contributed by atoms with van der Waals surface area (Å²) in [5.41, 5.74) is 31.4. The van der Waals surface area contributed by atoms with E-state index in [4.69, 9.17) is 4.42 Å². The van der Waals surface area contributed by atoms with Crippen LogP contribution >= 0.6 is 45.3 Å². The summed E-state index contributed by atoms with van der Waals surface area (Å²) in [5.74, 6) is 0. The van der Waals surface area contributed by atoms with Crippen molar-refractivity contribution in [1.82, 2.24) is 0 Å². The molecule has 26 aromatic rings. The summed E-state index contributed by atoms with van der Waals surface area (Å²) >= 11 is 7.48. The molecule has 0 unspecified atom stereocenters. The summed E-state index contributed by atoms with van der Waals surface area (Å²) in [6.07, 6.45) is 0. The van der Waals surface area contributed by atoms with Gasteiger partial charge in [0.25, 0.3) is 0 Å². The van der Waals surface area contributed by atoms with Crippen LogP contribution in [0, 0.1) is 0 Å². The minimum atomic E-state index is -0.00395. The standard InChI is InChI=1S/C34H23NS.C33H25NS.C30H19NOS.C30H21NS/c1-2-8-23(9-3-1)25-16-18-28(19-17-25)35-31-21-20-29(27-15-14-24-10-4-5-11-26(24)22-27)34-33(31)30-12-6-7-13-32(30)36-34;1-33(2)26-16-8-6-13-24(26)30-22(15-10-17-27(30)33)23-19-20-28(34-21-11-4-3-5-12-21)31-25-14-7-9-18-29(25)35-32(23)31;1-2-8-19(9-3-1)20-16-25-23-11-5-7-13-29(23)33-30(25)26(17-20)31-21-14-15-28-24(18-21)22-10-4-6-12-27(22)32-28;1-4-11-21(12-5-1)24-17-10-18-27-29(24)25-19-20-26(31-23-15-8-3-9-16-23)28(30(25)32-27)22-13-6-2-7-14-22/h1-22,35H;3-20,34H,1-2H3;1-18,31H;1-20,31H. The zero-order chi connectivity index (χ0) is 90.6. The molecule has 9 heteroatoms. The highest BCUT2D eigenvalue weighted by atomic mass is 32.1. The molecule has 0 spiro atoms. The van der Waals surface area contributed by atoms with E-state index in [9.17, 15) is 0 Å². The zero-order valence-corrected chi connectivity index (χ0v) is 77.8. The summed E-state index contributed by atoms with van der Waals surface area (Å²) in [5, 5.41) is 30.0. The van der Waals surface area contributed by atoms with Crippen molar-refractivity contribution in [3.05, 3.63) is 484 Å². The number of nitrogens with one attached hydrogen (secondary N) is 4. The third kappa shape index (κ3) is 15.6. The SMILES string of the molecule is CC1(C)c2ccccc2-c2c(-c3ccc(Nc4ccccc4)c4c3sc3ccccc34)cccc21.c1ccc(-c2cc(Nc3ccc4oc5ccccc5c4c3)c3sc4ccccc4c3c2)cc1.c1ccc(-c2ccc(Nc3ccc(-c4ccc5ccccc5c4)c4sc5ccccc5c34)cc2)cc1.c1ccc(Nc2ccc3c(sc4cccc(-c5ccccc5)c43)c2-c2ccccc2)cc1.